The molecule has 4 rings (SSSR count). The summed E-state index contributed by atoms with van der Waals surface area (Å²) in [6.45, 7) is 2.61. The maximum absolute atomic E-state index is 11.3. The first-order valence-electron chi connectivity index (χ1n) is 8.09. The second-order valence-corrected chi connectivity index (χ2v) is 6.40. The van der Waals surface area contributed by atoms with E-state index in [0.29, 0.717) is 17.3 Å². The summed E-state index contributed by atoms with van der Waals surface area (Å²) >= 11 is 0. The molecule has 6 heteroatoms. The van der Waals surface area contributed by atoms with Crippen molar-refractivity contribution in [1.82, 2.24) is 4.98 Å². The zero-order valence-corrected chi connectivity index (χ0v) is 12.9. The zero-order valence-electron chi connectivity index (χ0n) is 12.9. The van der Waals surface area contributed by atoms with Crippen LogP contribution in [0, 0.1) is 16.0 Å². The van der Waals surface area contributed by atoms with Gasteiger partial charge in [0.15, 0.2) is 0 Å². The summed E-state index contributed by atoms with van der Waals surface area (Å²) in [7, 11) is 0. The molecule has 1 saturated heterocycles. The van der Waals surface area contributed by atoms with Crippen LogP contribution in [0.3, 0.4) is 0 Å². The second kappa shape index (κ2) is 5.77. The van der Waals surface area contributed by atoms with Crippen molar-refractivity contribution in [2.75, 3.05) is 24.7 Å². The Morgan fingerprint density at radius 3 is 2.83 bits per heavy atom. The molecule has 23 heavy (non-hydrogen) atoms. The highest BCUT2D eigenvalue weighted by atomic mass is 16.6. The van der Waals surface area contributed by atoms with E-state index >= 15 is 0 Å². The first-order valence-corrected chi connectivity index (χ1v) is 8.09. The van der Waals surface area contributed by atoms with Crippen LogP contribution in [0.1, 0.15) is 19.3 Å². The largest absolute Gasteiger partial charge is 0.381 e. The summed E-state index contributed by atoms with van der Waals surface area (Å²) < 4.78 is 5.51. The zero-order chi connectivity index (χ0) is 15.8. The average Bonchev–Trinajstić information content (AvgIpc) is 3.28. The third kappa shape index (κ3) is 2.74. The Hall–Kier alpha value is -2.21. The maximum Gasteiger partial charge on any atom is 0.278 e. The summed E-state index contributed by atoms with van der Waals surface area (Å²) in [4.78, 5) is 17.4. The van der Waals surface area contributed by atoms with E-state index in [0.717, 1.165) is 37.3 Å². The van der Waals surface area contributed by atoms with Gasteiger partial charge in [-0.2, -0.15) is 0 Å². The van der Waals surface area contributed by atoms with Crippen molar-refractivity contribution >= 4 is 22.1 Å². The summed E-state index contributed by atoms with van der Waals surface area (Å²) in [6.07, 6.45) is 6.78. The van der Waals surface area contributed by atoms with Gasteiger partial charge in [-0.25, -0.2) is 0 Å². The van der Waals surface area contributed by atoms with Crippen LogP contribution in [-0.2, 0) is 4.74 Å². The number of hydrogen-bond donors (Lipinski definition) is 0. The number of ether oxygens (including phenoxy) is 1. The minimum atomic E-state index is -0.333. The third-order valence-corrected chi connectivity index (χ3v) is 4.74. The van der Waals surface area contributed by atoms with Crippen molar-refractivity contribution in [2.45, 2.75) is 25.3 Å². The molecule has 2 fully saturated rings. The highest BCUT2D eigenvalue weighted by Crippen LogP contribution is 2.39. The fourth-order valence-electron chi connectivity index (χ4n) is 3.40. The maximum atomic E-state index is 11.3. The number of pyridine rings is 1. The lowest BCUT2D eigenvalue weighted by atomic mass is 10.0. The Bertz CT molecular complexity index is 739. The number of hydrogen-bond acceptors (Lipinski definition) is 5. The monoisotopic (exact) mass is 313 g/mol. The summed E-state index contributed by atoms with van der Waals surface area (Å²) in [5.41, 5.74) is 1.21. The smallest absolute Gasteiger partial charge is 0.278 e. The molecule has 1 aromatic heterocycles. The van der Waals surface area contributed by atoms with Crippen LogP contribution in [0.25, 0.3) is 10.8 Å². The minimum Gasteiger partial charge on any atom is -0.381 e. The molecule has 2 aliphatic rings. The molecule has 6 nitrogen and oxygen atoms in total. The van der Waals surface area contributed by atoms with Gasteiger partial charge in [-0.05, 0) is 31.4 Å². The van der Waals surface area contributed by atoms with Crippen LogP contribution in [-0.4, -0.2) is 35.7 Å². The average molecular weight is 313 g/mol. The molecule has 1 unspecified atom stereocenters. The number of fused-ring (bicyclic) bond motifs is 1. The van der Waals surface area contributed by atoms with Crippen molar-refractivity contribution in [3.05, 3.63) is 40.7 Å². The van der Waals surface area contributed by atoms with Gasteiger partial charge in [0.25, 0.3) is 5.69 Å². The molecule has 1 aliphatic heterocycles. The molecule has 1 atom stereocenters. The fraction of sp³-hybridized carbons (Fsp3) is 0.471. The van der Waals surface area contributed by atoms with Gasteiger partial charge in [-0.15, -0.1) is 0 Å². The lowest BCUT2D eigenvalue weighted by molar-refractivity contribution is -0.383. The first-order chi connectivity index (χ1) is 11.2. The highest BCUT2D eigenvalue weighted by Gasteiger charge is 2.33. The number of nitro benzene ring substituents is 1. The fourth-order valence-corrected chi connectivity index (χ4v) is 3.40. The van der Waals surface area contributed by atoms with Crippen molar-refractivity contribution in [1.29, 1.82) is 0 Å². The van der Waals surface area contributed by atoms with Crippen molar-refractivity contribution < 1.29 is 9.66 Å². The van der Waals surface area contributed by atoms with E-state index in [9.17, 15) is 10.1 Å². The van der Waals surface area contributed by atoms with E-state index < -0.39 is 0 Å². The predicted molar refractivity (Wildman–Crippen MR) is 87.7 cm³/mol. The number of non-ortho nitro benzene ring substituents is 1. The number of nitrogens with zero attached hydrogens (tertiary/aromatic N) is 3. The van der Waals surface area contributed by atoms with E-state index in [4.69, 9.17) is 4.74 Å². The predicted octanol–water partition coefficient (Wildman–Crippen LogP) is 3.15. The van der Waals surface area contributed by atoms with Crippen LogP contribution in [0.15, 0.2) is 30.6 Å². The molecule has 120 valence electrons. The van der Waals surface area contributed by atoms with E-state index in [1.165, 1.54) is 12.8 Å². The molecule has 2 aromatic rings. The Morgan fingerprint density at radius 2 is 2.13 bits per heavy atom. The van der Waals surface area contributed by atoms with E-state index in [2.05, 4.69) is 9.88 Å². The van der Waals surface area contributed by atoms with Gasteiger partial charge in [-0.1, -0.05) is 0 Å². The van der Waals surface area contributed by atoms with Gasteiger partial charge in [0.05, 0.1) is 16.9 Å². The quantitative estimate of drug-likeness (QED) is 0.626. The number of nitro groups is 1. The molecule has 0 N–H and O–H groups in total. The SMILES string of the molecule is O=[N+]([O-])c1ccc(N(CC2CCOC2)C2CC2)c2ccncc12. The molecule has 1 aromatic carbocycles. The van der Waals surface area contributed by atoms with Crippen molar-refractivity contribution in [3.63, 3.8) is 0 Å². The van der Waals surface area contributed by atoms with Crippen LogP contribution >= 0.6 is 0 Å². The van der Waals surface area contributed by atoms with Crippen molar-refractivity contribution in [3.8, 4) is 0 Å². The lowest BCUT2D eigenvalue weighted by Crippen LogP contribution is -2.32. The Balaban J connectivity index is 1.76. The van der Waals surface area contributed by atoms with Gasteiger partial charge in [0.1, 0.15) is 0 Å². The Labute approximate surface area is 134 Å². The van der Waals surface area contributed by atoms with Crippen molar-refractivity contribution in [2.24, 2.45) is 5.92 Å². The lowest BCUT2D eigenvalue weighted by Gasteiger charge is -2.28. The summed E-state index contributed by atoms with van der Waals surface area (Å²) in [5.74, 6) is 0.544. The molecular weight excluding hydrogens is 294 g/mol. The number of rotatable bonds is 5. The topological polar surface area (TPSA) is 68.5 Å². The molecule has 2 heterocycles. The Morgan fingerprint density at radius 1 is 1.26 bits per heavy atom. The molecule has 1 saturated carbocycles. The molecule has 0 bridgehead atoms. The van der Waals surface area contributed by atoms with Gasteiger partial charge >= 0.3 is 0 Å². The van der Waals surface area contributed by atoms with Gasteiger partial charge < -0.3 is 9.64 Å². The number of anilines is 1. The van der Waals surface area contributed by atoms with E-state index in [1.807, 2.05) is 12.1 Å². The standard InChI is InChI=1S/C17H19N3O3/c21-20(22)17-4-3-16(14-5-7-18-9-15(14)17)19(13-1-2-13)10-12-6-8-23-11-12/h3-5,7,9,12-13H,1-2,6,8,10-11H2. The number of aromatic nitrogens is 1. The van der Waals surface area contributed by atoms with Crippen LogP contribution < -0.4 is 4.90 Å². The van der Waals surface area contributed by atoms with Crippen LogP contribution in [0.2, 0.25) is 0 Å². The molecular formula is C17H19N3O3. The normalized spacial score (nSPS) is 20.8. The van der Waals surface area contributed by atoms with Gasteiger partial charge in [0.2, 0.25) is 0 Å². The molecule has 0 amide bonds. The summed E-state index contributed by atoms with van der Waals surface area (Å²) in [6, 6.07) is 5.94. The van der Waals surface area contributed by atoms with Crippen LogP contribution in [0.4, 0.5) is 11.4 Å². The van der Waals surface area contributed by atoms with E-state index in [-0.39, 0.29) is 10.6 Å². The first kappa shape index (κ1) is 14.4. The van der Waals surface area contributed by atoms with Gasteiger partial charge in [-0.3, -0.25) is 15.1 Å². The molecule has 1 aliphatic carbocycles. The molecule has 0 radical (unpaired) electrons. The second-order valence-electron chi connectivity index (χ2n) is 6.40. The molecule has 0 spiro atoms. The van der Waals surface area contributed by atoms with Crippen LogP contribution in [0.5, 0.6) is 0 Å². The summed E-state index contributed by atoms with van der Waals surface area (Å²) in [5, 5.41) is 12.8. The van der Waals surface area contributed by atoms with Gasteiger partial charge in [0, 0.05) is 54.6 Å². The highest BCUT2D eigenvalue weighted by molar-refractivity contribution is 5.99. The third-order valence-electron chi connectivity index (χ3n) is 4.74. The van der Waals surface area contributed by atoms with E-state index in [1.54, 1.807) is 18.5 Å². The Kier molecular flexibility index (Phi) is 3.61. The minimum absolute atomic E-state index is 0.122. The number of benzene rings is 1.